The minimum atomic E-state index is -0.850. The molecule has 0 aromatic heterocycles. The molecule has 0 rings (SSSR count). The van der Waals surface area contributed by atoms with Crippen molar-refractivity contribution in [2.45, 2.75) is 46.5 Å². The van der Waals surface area contributed by atoms with Crippen LogP contribution in [0.25, 0.3) is 0 Å². The number of carboxylic acids is 1. The highest BCUT2D eigenvalue weighted by Crippen LogP contribution is 2.05. The first-order valence-corrected chi connectivity index (χ1v) is 6.71. The molecule has 0 saturated carbocycles. The summed E-state index contributed by atoms with van der Waals surface area (Å²) < 4.78 is 0. The van der Waals surface area contributed by atoms with Gasteiger partial charge in [0.1, 0.15) is 0 Å². The van der Waals surface area contributed by atoms with E-state index >= 15 is 0 Å². The van der Waals surface area contributed by atoms with Gasteiger partial charge in [0.25, 0.3) is 0 Å². The van der Waals surface area contributed by atoms with Gasteiger partial charge in [-0.3, -0.25) is 4.79 Å². The van der Waals surface area contributed by atoms with Crippen molar-refractivity contribution in [1.29, 1.82) is 0 Å². The SMILES string of the molecule is CCCC(CNC(=O)NCCCC(C)C)C(=O)O. The molecule has 5 heteroatoms. The smallest absolute Gasteiger partial charge is 0.314 e. The lowest BCUT2D eigenvalue weighted by atomic mass is 10.0. The molecule has 0 aromatic carbocycles. The molecule has 0 aromatic rings. The fourth-order valence-electron chi connectivity index (χ4n) is 1.65. The monoisotopic (exact) mass is 258 g/mol. The highest BCUT2D eigenvalue weighted by atomic mass is 16.4. The Hall–Kier alpha value is -1.26. The summed E-state index contributed by atoms with van der Waals surface area (Å²) in [6, 6.07) is -0.277. The van der Waals surface area contributed by atoms with Gasteiger partial charge in [0, 0.05) is 13.1 Å². The average molecular weight is 258 g/mol. The van der Waals surface area contributed by atoms with Crippen LogP contribution in [0.2, 0.25) is 0 Å². The lowest BCUT2D eigenvalue weighted by molar-refractivity contribution is -0.141. The zero-order valence-corrected chi connectivity index (χ0v) is 11.7. The van der Waals surface area contributed by atoms with E-state index in [9.17, 15) is 9.59 Å². The van der Waals surface area contributed by atoms with Gasteiger partial charge in [0.05, 0.1) is 5.92 Å². The number of amides is 2. The van der Waals surface area contributed by atoms with Crippen molar-refractivity contribution >= 4 is 12.0 Å². The largest absolute Gasteiger partial charge is 0.481 e. The molecule has 3 N–H and O–H groups in total. The first-order chi connectivity index (χ1) is 8.47. The lowest BCUT2D eigenvalue weighted by Crippen LogP contribution is -2.40. The van der Waals surface area contributed by atoms with E-state index in [0.717, 1.165) is 19.3 Å². The van der Waals surface area contributed by atoms with Crippen LogP contribution in [-0.4, -0.2) is 30.2 Å². The third-order valence-corrected chi connectivity index (χ3v) is 2.74. The summed E-state index contributed by atoms with van der Waals surface area (Å²) in [5.41, 5.74) is 0. The Morgan fingerprint density at radius 2 is 1.83 bits per heavy atom. The molecule has 0 heterocycles. The second-order valence-corrected chi connectivity index (χ2v) is 5.00. The maximum atomic E-state index is 11.4. The molecule has 1 atom stereocenters. The summed E-state index contributed by atoms with van der Waals surface area (Å²) in [6.07, 6.45) is 3.41. The van der Waals surface area contributed by atoms with Crippen LogP contribution < -0.4 is 10.6 Å². The van der Waals surface area contributed by atoms with Crippen molar-refractivity contribution in [2.24, 2.45) is 11.8 Å². The summed E-state index contributed by atoms with van der Waals surface area (Å²) >= 11 is 0. The van der Waals surface area contributed by atoms with Gasteiger partial charge in [0.15, 0.2) is 0 Å². The van der Waals surface area contributed by atoms with Crippen LogP contribution in [0.4, 0.5) is 4.79 Å². The van der Waals surface area contributed by atoms with E-state index in [2.05, 4.69) is 24.5 Å². The third-order valence-electron chi connectivity index (χ3n) is 2.74. The van der Waals surface area contributed by atoms with E-state index < -0.39 is 11.9 Å². The van der Waals surface area contributed by atoms with Gasteiger partial charge < -0.3 is 15.7 Å². The van der Waals surface area contributed by atoms with Gasteiger partial charge in [-0.05, 0) is 25.2 Å². The molecule has 106 valence electrons. The molecule has 0 aliphatic carbocycles. The first-order valence-electron chi connectivity index (χ1n) is 6.71. The fourth-order valence-corrected chi connectivity index (χ4v) is 1.65. The van der Waals surface area contributed by atoms with Crippen LogP contribution in [0.15, 0.2) is 0 Å². The van der Waals surface area contributed by atoms with Crippen LogP contribution in [0.5, 0.6) is 0 Å². The molecular weight excluding hydrogens is 232 g/mol. The van der Waals surface area contributed by atoms with Crippen molar-refractivity contribution in [1.82, 2.24) is 10.6 Å². The van der Waals surface area contributed by atoms with Gasteiger partial charge in [0.2, 0.25) is 0 Å². The van der Waals surface area contributed by atoms with Gasteiger partial charge >= 0.3 is 12.0 Å². The highest BCUT2D eigenvalue weighted by molar-refractivity contribution is 5.75. The van der Waals surface area contributed by atoms with E-state index in [1.54, 1.807) is 0 Å². The van der Waals surface area contributed by atoms with Crippen LogP contribution in [-0.2, 0) is 4.79 Å². The Kier molecular flexibility index (Phi) is 9.06. The Morgan fingerprint density at radius 1 is 1.17 bits per heavy atom. The highest BCUT2D eigenvalue weighted by Gasteiger charge is 2.16. The van der Waals surface area contributed by atoms with Crippen molar-refractivity contribution in [3.05, 3.63) is 0 Å². The van der Waals surface area contributed by atoms with Crippen molar-refractivity contribution in [3.8, 4) is 0 Å². The van der Waals surface area contributed by atoms with Gasteiger partial charge in [-0.25, -0.2) is 4.79 Å². The van der Waals surface area contributed by atoms with E-state index in [-0.39, 0.29) is 12.6 Å². The molecule has 0 radical (unpaired) electrons. The fraction of sp³-hybridized carbons (Fsp3) is 0.846. The molecule has 0 spiro atoms. The summed E-state index contributed by atoms with van der Waals surface area (Å²) in [7, 11) is 0. The molecule has 1 unspecified atom stereocenters. The van der Waals surface area contributed by atoms with Crippen molar-refractivity contribution in [3.63, 3.8) is 0 Å². The number of rotatable bonds is 9. The van der Waals surface area contributed by atoms with Crippen LogP contribution in [0, 0.1) is 11.8 Å². The van der Waals surface area contributed by atoms with Crippen LogP contribution >= 0.6 is 0 Å². The number of hydrogen-bond donors (Lipinski definition) is 3. The molecule has 0 saturated heterocycles. The number of carboxylic acid groups (broad SMARTS) is 1. The number of carbonyl (C=O) groups excluding carboxylic acids is 1. The first kappa shape index (κ1) is 16.7. The van der Waals surface area contributed by atoms with Gasteiger partial charge in [-0.1, -0.05) is 27.2 Å². The molecule has 0 aliphatic rings. The molecular formula is C13H26N2O3. The van der Waals surface area contributed by atoms with Crippen molar-refractivity contribution < 1.29 is 14.7 Å². The molecule has 0 fully saturated rings. The molecule has 2 amide bonds. The van der Waals surface area contributed by atoms with Crippen LogP contribution in [0.3, 0.4) is 0 Å². The Morgan fingerprint density at radius 3 is 2.33 bits per heavy atom. The zero-order chi connectivity index (χ0) is 14.0. The number of carbonyl (C=O) groups is 2. The zero-order valence-electron chi connectivity index (χ0n) is 11.7. The van der Waals surface area contributed by atoms with E-state index in [1.807, 2.05) is 6.92 Å². The lowest BCUT2D eigenvalue weighted by Gasteiger charge is -2.13. The maximum Gasteiger partial charge on any atom is 0.314 e. The summed E-state index contributed by atoms with van der Waals surface area (Å²) in [6.45, 7) is 7.04. The Bertz CT molecular complexity index is 255. The maximum absolute atomic E-state index is 11.4. The number of hydrogen-bond acceptors (Lipinski definition) is 2. The number of urea groups is 1. The molecule has 5 nitrogen and oxygen atoms in total. The van der Waals surface area contributed by atoms with Crippen LogP contribution in [0.1, 0.15) is 46.5 Å². The predicted octanol–water partition coefficient (Wildman–Crippen LogP) is 2.22. The van der Waals surface area contributed by atoms with E-state index in [0.29, 0.717) is 18.9 Å². The minimum absolute atomic E-state index is 0.194. The van der Waals surface area contributed by atoms with Gasteiger partial charge in [-0.2, -0.15) is 0 Å². The average Bonchev–Trinajstić information content (AvgIpc) is 2.29. The normalized spacial score (nSPS) is 12.2. The minimum Gasteiger partial charge on any atom is -0.481 e. The standard InChI is InChI=1S/C13H26N2O3/c1-4-6-11(12(16)17)9-15-13(18)14-8-5-7-10(2)3/h10-11H,4-9H2,1-3H3,(H,16,17)(H2,14,15,18). The summed E-state index contributed by atoms with van der Waals surface area (Å²) in [4.78, 5) is 22.3. The second kappa shape index (κ2) is 9.74. The van der Waals surface area contributed by atoms with Gasteiger partial charge in [-0.15, -0.1) is 0 Å². The quantitative estimate of drug-likeness (QED) is 0.555. The third kappa shape index (κ3) is 8.84. The Balaban J connectivity index is 3.70. The van der Waals surface area contributed by atoms with E-state index in [1.165, 1.54) is 0 Å². The molecule has 0 bridgehead atoms. The second-order valence-electron chi connectivity index (χ2n) is 5.00. The number of aliphatic carboxylic acids is 1. The predicted molar refractivity (Wildman–Crippen MR) is 71.5 cm³/mol. The molecule has 0 aliphatic heterocycles. The summed E-state index contributed by atoms with van der Waals surface area (Å²) in [5, 5.41) is 14.3. The topological polar surface area (TPSA) is 78.4 Å². The molecule has 18 heavy (non-hydrogen) atoms. The summed E-state index contributed by atoms with van der Waals surface area (Å²) in [5.74, 6) is -0.704. The number of nitrogens with one attached hydrogen (secondary N) is 2. The van der Waals surface area contributed by atoms with Crippen molar-refractivity contribution in [2.75, 3.05) is 13.1 Å². The Labute approximate surface area is 109 Å². The van der Waals surface area contributed by atoms with E-state index in [4.69, 9.17) is 5.11 Å².